The topological polar surface area (TPSA) is 60.5 Å². The summed E-state index contributed by atoms with van der Waals surface area (Å²) in [6.45, 7) is 2.10. The van der Waals surface area contributed by atoms with E-state index in [0.717, 1.165) is 17.1 Å². The molecule has 0 atom stereocenters. The van der Waals surface area contributed by atoms with Crippen LogP contribution in [0.1, 0.15) is 17.4 Å². The number of hydrogen-bond donors (Lipinski definition) is 1. The summed E-state index contributed by atoms with van der Waals surface area (Å²) >= 11 is 0. The van der Waals surface area contributed by atoms with Gasteiger partial charge in [-0.2, -0.15) is 0 Å². The molecule has 0 radical (unpaired) electrons. The van der Waals surface area contributed by atoms with E-state index in [9.17, 15) is 4.79 Å². The van der Waals surface area contributed by atoms with E-state index in [1.54, 1.807) is 32.4 Å². The number of benzene rings is 1. The molecule has 5 nitrogen and oxygen atoms in total. The fourth-order valence-corrected chi connectivity index (χ4v) is 1.63. The third-order valence-corrected chi connectivity index (χ3v) is 2.63. The van der Waals surface area contributed by atoms with Crippen molar-refractivity contribution in [2.75, 3.05) is 19.0 Å². The summed E-state index contributed by atoms with van der Waals surface area (Å²) < 4.78 is 9.97. The molecule has 0 saturated carbocycles. The Labute approximate surface area is 117 Å². The highest BCUT2D eigenvalue weighted by Gasteiger charge is 2.07. The SMILES string of the molecule is CCOC(=O)c1ccc(Nc2ccc(OC)cc2)cn1. The predicted molar refractivity (Wildman–Crippen MR) is 76.5 cm³/mol. The zero-order valence-electron chi connectivity index (χ0n) is 11.4. The molecule has 0 aliphatic carbocycles. The van der Waals surface area contributed by atoms with E-state index in [0.29, 0.717) is 12.3 Å². The van der Waals surface area contributed by atoms with Crippen molar-refractivity contribution in [3.8, 4) is 5.75 Å². The van der Waals surface area contributed by atoms with Crippen LogP contribution in [0.4, 0.5) is 11.4 Å². The zero-order chi connectivity index (χ0) is 14.4. The number of esters is 1. The zero-order valence-corrected chi connectivity index (χ0v) is 11.4. The van der Waals surface area contributed by atoms with Crippen LogP contribution in [0.3, 0.4) is 0 Å². The number of methoxy groups -OCH3 is 1. The number of aromatic nitrogens is 1. The second kappa shape index (κ2) is 6.56. The number of nitrogens with zero attached hydrogens (tertiary/aromatic N) is 1. The standard InChI is InChI=1S/C15H16N2O3/c1-3-20-15(18)14-9-6-12(10-16-14)17-11-4-7-13(19-2)8-5-11/h4-10,17H,3H2,1-2H3. The first-order chi connectivity index (χ1) is 9.72. The summed E-state index contributed by atoms with van der Waals surface area (Å²) in [6, 6.07) is 10.9. The molecule has 0 bridgehead atoms. The number of rotatable bonds is 5. The van der Waals surface area contributed by atoms with Crippen LogP contribution in [-0.4, -0.2) is 24.7 Å². The van der Waals surface area contributed by atoms with E-state index in [1.165, 1.54) is 0 Å². The van der Waals surface area contributed by atoms with Gasteiger partial charge in [-0.05, 0) is 43.3 Å². The van der Waals surface area contributed by atoms with Crippen LogP contribution in [0.5, 0.6) is 5.75 Å². The van der Waals surface area contributed by atoms with Crippen LogP contribution in [0, 0.1) is 0 Å². The molecule has 0 aliphatic heterocycles. The number of ether oxygens (including phenoxy) is 2. The number of pyridine rings is 1. The first-order valence-corrected chi connectivity index (χ1v) is 6.27. The number of nitrogens with one attached hydrogen (secondary N) is 1. The summed E-state index contributed by atoms with van der Waals surface area (Å²) in [7, 11) is 1.63. The molecule has 0 saturated heterocycles. The van der Waals surface area contributed by atoms with Crippen molar-refractivity contribution in [1.82, 2.24) is 4.98 Å². The van der Waals surface area contributed by atoms with Crippen molar-refractivity contribution in [3.05, 3.63) is 48.3 Å². The minimum atomic E-state index is -0.413. The van der Waals surface area contributed by atoms with Crippen LogP contribution >= 0.6 is 0 Å². The van der Waals surface area contributed by atoms with E-state index >= 15 is 0 Å². The second-order valence-corrected chi connectivity index (χ2v) is 4.01. The van der Waals surface area contributed by atoms with E-state index < -0.39 is 5.97 Å². The highest BCUT2D eigenvalue weighted by Crippen LogP contribution is 2.19. The van der Waals surface area contributed by atoms with Gasteiger partial charge in [-0.1, -0.05) is 0 Å². The molecule has 0 amide bonds. The van der Waals surface area contributed by atoms with Gasteiger partial charge in [0.05, 0.1) is 25.6 Å². The second-order valence-electron chi connectivity index (χ2n) is 4.01. The smallest absolute Gasteiger partial charge is 0.356 e. The lowest BCUT2D eigenvalue weighted by Gasteiger charge is -2.07. The van der Waals surface area contributed by atoms with E-state index in [1.807, 2.05) is 24.3 Å². The third kappa shape index (κ3) is 3.47. The Kier molecular flexibility index (Phi) is 4.55. The maximum Gasteiger partial charge on any atom is 0.356 e. The summed E-state index contributed by atoms with van der Waals surface area (Å²) in [5.41, 5.74) is 2.01. The van der Waals surface area contributed by atoms with Crippen molar-refractivity contribution in [2.24, 2.45) is 0 Å². The number of anilines is 2. The van der Waals surface area contributed by atoms with Gasteiger partial charge in [-0.15, -0.1) is 0 Å². The minimum Gasteiger partial charge on any atom is -0.497 e. The minimum absolute atomic E-state index is 0.298. The molecule has 1 N–H and O–H groups in total. The van der Waals surface area contributed by atoms with Crippen molar-refractivity contribution in [1.29, 1.82) is 0 Å². The number of hydrogen-bond acceptors (Lipinski definition) is 5. The van der Waals surface area contributed by atoms with Crippen LogP contribution in [0.25, 0.3) is 0 Å². The lowest BCUT2D eigenvalue weighted by atomic mass is 10.3. The Morgan fingerprint density at radius 2 is 1.85 bits per heavy atom. The average molecular weight is 272 g/mol. The molecular formula is C15H16N2O3. The van der Waals surface area contributed by atoms with Crippen LogP contribution in [-0.2, 0) is 4.74 Å². The van der Waals surface area contributed by atoms with Crippen molar-refractivity contribution in [3.63, 3.8) is 0 Å². The molecule has 0 spiro atoms. The number of carbonyl (C=O) groups is 1. The van der Waals surface area contributed by atoms with E-state index in [2.05, 4.69) is 10.3 Å². The van der Waals surface area contributed by atoms with E-state index in [-0.39, 0.29) is 0 Å². The van der Waals surface area contributed by atoms with Gasteiger partial charge in [-0.3, -0.25) is 0 Å². The fourth-order valence-electron chi connectivity index (χ4n) is 1.63. The van der Waals surface area contributed by atoms with Crippen LogP contribution < -0.4 is 10.1 Å². The van der Waals surface area contributed by atoms with Gasteiger partial charge < -0.3 is 14.8 Å². The van der Waals surface area contributed by atoms with Crippen LogP contribution in [0.2, 0.25) is 0 Å². The fraction of sp³-hybridized carbons (Fsp3) is 0.200. The monoisotopic (exact) mass is 272 g/mol. The molecule has 1 aromatic carbocycles. The maximum atomic E-state index is 11.5. The van der Waals surface area contributed by atoms with Crippen molar-refractivity contribution in [2.45, 2.75) is 6.92 Å². The van der Waals surface area contributed by atoms with Crippen molar-refractivity contribution < 1.29 is 14.3 Å². The molecule has 5 heteroatoms. The largest absolute Gasteiger partial charge is 0.497 e. The quantitative estimate of drug-likeness (QED) is 0.848. The molecule has 2 rings (SSSR count). The van der Waals surface area contributed by atoms with Gasteiger partial charge in [0.1, 0.15) is 11.4 Å². The van der Waals surface area contributed by atoms with Gasteiger partial charge in [-0.25, -0.2) is 9.78 Å². The Balaban J connectivity index is 2.04. The van der Waals surface area contributed by atoms with Crippen molar-refractivity contribution >= 4 is 17.3 Å². The molecule has 2 aromatic rings. The third-order valence-electron chi connectivity index (χ3n) is 2.63. The molecule has 104 valence electrons. The van der Waals surface area contributed by atoms with Gasteiger partial charge >= 0.3 is 5.97 Å². The summed E-state index contributed by atoms with van der Waals surface area (Å²) in [4.78, 5) is 15.5. The molecule has 1 heterocycles. The average Bonchev–Trinajstić information content (AvgIpc) is 2.49. The molecule has 20 heavy (non-hydrogen) atoms. The lowest BCUT2D eigenvalue weighted by molar-refractivity contribution is 0.0519. The molecule has 0 aliphatic rings. The Bertz CT molecular complexity index is 565. The van der Waals surface area contributed by atoms with Gasteiger partial charge in [0.2, 0.25) is 0 Å². The van der Waals surface area contributed by atoms with Crippen LogP contribution in [0.15, 0.2) is 42.6 Å². The Morgan fingerprint density at radius 1 is 1.15 bits per heavy atom. The normalized spacial score (nSPS) is 9.90. The highest BCUT2D eigenvalue weighted by molar-refractivity contribution is 5.87. The number of carbonyl (C=O) groups excluding carboxylic acids is 1. The Morgan fingerprint density at radius 3 is 2.40 bits per heavy atom. The first-order valence-electron chi connectivity index (χ1n) is 6.27. The highest BCUT2D eigenvalue weighted by atomic mass is 16.5. The summed E-state index contributed by atoms with van der Waals surface area (Å²) in [6.07, 6.45) is 1.59. The van der Waals surface area contributed by atoms with Gasteiger partial charge in [0.15, 0.2) is 0 Å². The molecule has 0 unspecified atom stereocenters. The van der Waals surface area contributed by atoms with Gasteiger partial charge in [0, 0.05) is 5.69 Å². The maximum absolute atomic E-state index is 11.5. The Hall–Kier alpha value is -2.56. The molecule has 0 fully saturated rings. The summed E-state index contributed by atoms with van der Waals surface area (Å²) in [5, 5.41) is 3.18. The lowest BCUT2D eigenvalue weighted by Crippen LogP contribution is -2.06. The predicted octanol–water partition coefficient (Wildman–Crippen LogP) is 3.01. The van der Waals surface area contributed by atoms with E-state index in [4.69, 9.17) is 9.47 Å². The summed E-state index contributed by atoms with van der Waals surface area (Å²) in [5.74, 6) is 0.384. The first kappa shape index (κ1) is 13.9. The molecule has 1 aromatic heterocycles. The van der Waals surface area contributed by atoms with Gasteiger partial charge in [0.25, 0.3) is 0 Å². The molecular weight excluding hydrogens is 256 g/mol.